The summed E-state index contributed by atoms with van der Waals surface area (Å²) < 4.78 is 27.2. The van der Waals surface area contributed by atoms with Gasteiger partial charge in [0.05, 0.1) is 17.4 Å². The van der Waals surface area contributed by atoms with Crippen molar-refractivity contribution in [1.29, 1.82) is 5.26 Å². The molecule has 0 bridgehead atoms. The van der Waals surface area contributed by atoms with E-state index < -0.39 is 10.0 Å². The molecule has 1 amide bonds. The fourth-order valence-electron chi connectivity index (χ4n) is 3.16. The lowest BCUT2D eigenvalue weighted by molar-refractivity contribution is -0.135. The van der Waals surface area contributed by atoms with Gasteiger partial charge in [0.2, 0.25) is 15.9 Å². The second-order valence-corrected chi connectivity index (χ2v) is 8.32. The Balaban J connectivity index is 1.79. The number of amides is 1. The van der Waals surface area contributed by atoms with Crippen LogP contribution in [0.15, 0.2) is 35.2 Å². The molecule has 1 aliphatic carbocycles. The third-order valence-electron chi connectivity index (χ3n) is 4.75. The first-order chi connectivity index (χ1) is 11.9. The SMILES string of the molecule is CN(CCC#N)C(=O)C1CCC(CNS(=O)(=O)c2ccccc2)CC1. The number of carbonyl (C=O) groups is 1. The minimum absolute atomic E-state index is 0.00864. The molecule has 0 atom stereocenters. The first kappa shape index (κ1) is 19.4. The minimum atomic E-state index is -3.47. The predicted octanol–water partition coefficient (Wildman–Crippen LogP) is 2.14. The largest absolute Gasteiger partial charge is 0.344 e. The summed E-state index contributed by atoms with van der Waals surface area (Å²) in [6.45, 7) is 0.870. The zero-order valence-corrected chi connectivity index (χ0v) is 15.3. The Morgan fingerprint density at radius 3 is 2.48 bits per heavy atom. The van der Waals surface area contributed by atoms with Crippen molar-refractivity contribution < 1.29 is 13.2 Å². The number of benzene rings is 1. The monoisotopic (exact) mass is 363 g/mol. The summed E-state index contributed by atoms with van der Waals surface area (Å²) >= 11 is 0. The summed E-state index contributed by atoms with van der Waals surface area (Å²) in [4.78, 5) is 14.2. The van der Waals surface area contributed by atoms with Crippen LogP contribution in [0.5, 0.6) is 0 Å². The van der Waals surface area contributed by atoms with E-state index in [1.54, 1.807) is 42.3 Å². The maximum Gasteiger partial charge on any atom is 0.240 e. The Bertz CT molecular complexity index is 705. The molecule has 0 saturated heterocycles. The summed E-state index contributed by atoms with van der Waals surface area (Å²) in [5, 5.41) is 8.61. The Hall–Kier alpha value is -1.91. The second-order valence-electron chi connectivity index (χ2n) is 6.55. The zero-order valence-electron chi connectivity index (χ0n) is 14.5. The summed E-state index contributed by atoms with van der Waals surface area (Å²) in [7, 11) is -1.73. The molecule has 25 heavy (non-hydrogen) atoms. The highest BCUT2D eigenvalue weighted by Crippen LogP contribution is 2.29. The molecule has 0 aromatic heterocycles. The third kappa shape index (κ3) is 5.55. The highest BCUT2D eigenvalue weighted by Gasteiger charge is 2.28. The van der Waals surface area contributed by atoms with Crippen LogP contribution in [0.3, 0.4) is 0 Å². The van der Waals surface area contributed by atoms with E-state index in [9.17, 15) is 13.2 Å². The van der Waals surface area contributed by atoms with Crippen LogP contribution in [0.2, 0.25) is 0 Å². The van der Waals surface area contributed by atoms with Gasteiger partial charge in [0.1, 0.15) is 0 Å². The molecule has 1 fully saturated rings. The quantitative estimate of drug-likeness (QED) is 0.803. The fourth-order valence-corrected chi connectivity index (χ4v) is 4.30. The molecular formula is C18H25N3O3S. The number of nitrogens with one attached hydrogen (secondary N) is 1. The van der Waals surface area contributed by atoms with Crippen LogP contribution in [0, 0.1) is 23.2 Å². The van der Waals surface area contributed by atoms with E-state index in [-0.39, 0.29) is 22.6 Å². The molecule has 136 valence electrons. The molecule has 0 spiro atoms. The summed E-state index contributed by atoms with van der Waals surface area (Å²) in [5.74, 6) is 0.344. The predicted molar refractivity (Wildman–Crippen MR) is 94.9 cm³/mol. The van der Waals surface area contributed by atoms with Crippen molar-refractivity contribution in [3.05, 3.63) is 30.3 Å². The molecule has 0 unspecified atom stereocenters. The van der Waals surface area contributed by atoms with E-state index >= 15 is 0 Å². The van der Waals surface area contributed by atoms with Crippen molar-refractivity contribution in [1.82, 2.24) is 9.62 Å². The van der Waals surface area contributed by atoms with E-state index in [4.69, 9.17) is 5.26 Å². The van der Waals surface area contributed by atoms with Crippen molar-refractivity contribution in [2.75, 3.05) is 20.1 Å². The first-order valence-electron chi connectivity index (χ1n) is 8.60. The maximum absolute atomic E-state index is 12.3. The zero-order chi connectivity index (χ0) is 18.3. The van der Waals surface area contributed by atoms with Gasteiger partial charge in [-0.2, -0.15) is 5.26 Å². The van der Waals surface area contributed by atoms with Gasteiger partial charge < -0.3 is 4.90 Å². The Kier molecular flexibility index (Phi) is 6.97. The van der Waals surface area contributed by atoms with Crippen molar-refractivity contribution in [3.8, 4) is 6.07 Å². The van der Waals surface area contributed by atoms with Crippen molar-refractivity contribution in [2.45, 2.75) is 37.0 Å². The van der Waals surface area contributed by atoms with E-state index in [1.165, 1.54) is 0 Å². The molecule has 0 heterocycles. The number of sulfonamides is 1. The molecule has 7 heteroatoms. The molecule has 0 aliphatic heterocycles. The molecule has 1 N–H and O–H groups in total. The first-order valence-corrected chi connectivity index (χ1v) is 10.1. The van der Waals surface area contributed by atoms with E-state index in [0.29, 0.717) is 19.5 Å². The maximum atomic E-state index is 12.3. The highest BCUT2D eigenvalue weighted by molar-refractivity contribution is 7.89. The number of rotatable bonds is 7. The molecular weight excluding hydrogens is 338 g/mol. The second kappa shape index (κ2) is 8.97. The van der Waals surface area contributed by atoms with Gasteiger partial charge in [-0.15, -0.1) is 0 Å². The van der Waals surface area contributed by atoms with Crippen LogP contribution in [0.25, 0.3) is 0 Å². The van der Waals surface area contributed by atoms with Crippen molar-refractivity contribution in [3.63, 3.8) is 0 Å². The van der Waals surface area contributed by atoms with E-state index in [2.05, 4.69) is 4.72 Å². The van der Waals surface area contributed by atoms with Gasteiger partial charge in [0.25, 0.3) is 0 Å². The lowest BCUT2D eigenvalue weighted by Crippen LogP contribution is -2.37. The van der Waals surface area contributed by atoms with Crippen LogP contribution < -0.4 is 4.72 Å². The standard InChI is InChI=1S/C18H25N3O3S/c1-21(13-5-12-19)18(22)16-10-8-15(9-11-16)14-20-25(23,24)17-6-3-2-4-7-17/h2-4,6-7,15-16,20H,5,8-11,13-14H2,1H3. The topological polar surface area (TPSA) is 90.3 Å². The Morgan fingerprint density at radius 1 is 1.24 bits per heavy atom. The van der Waals surface area contributed by atoms with Gasteiger partial charge in [-0.3, -0.25) is 4.79 Å². The molecule has 6 nitrogen and oxygen atoms in total. The molecule has 1 saturated carbocycles. The fraction of sp³-hybridized carbons (Fsp3) is 0.556. The number of hydrogen-bond donors (Lipinski definition) is 1. The number of nitriles is 1. The lowest BCUT2D eigenvalue weighted by atomic mass is 9.81. The smallest absolute Gasteiger partial charge is 0.240 e. The van der Waals surface area contributed by atoms with Crippen LogP contribution in [0.4, 0.5) is 0 Å². The average Bonchev–Trinajstić information content (AvgIpc) is 2.65. The van der Waals surface area contributed by atoms with Gasteiger partial charge in [-0.05, 0) is 43.7 Å². The molecule has 0 radical (unpaired) electrons. The summed E-state index contributed by atoms with van der Waals surface area (Å²) in [6.07, 6.45) is 3.55. The number of carbonyl (C=O) groups excluding carboxylic acids is 1. The van der Waals surface area contributed by atoms with Gasteiger partial charge in [0.15, 0.2) is 0 Å². The molecule has 1 aromatic rings. The van der Waals surface area contributed by atoms with Gasteiger partial charge >= 0.3 is 0 Å². The van der Waals surface area contributed by atoms with Crippen molar-refractivity contribution in [2.24, 2.45) is 11.8 Å². The normalized spacial score (nSPS) is 20.6. The van der Waals surface area contributed by atoms with Crippen molar-refractivity contribution >= 4 is 15.9 Å². The summed E-state index contributed by atoms with van der Waals surface area (Å²) in [5.41, 5.74) is 0. The van der Waals surface area contributed by atoms with Gasteiger partial charge in [0, 0.05) is 26.1 Å². The minimum Gasteiger partial charge on any atom is -0.344 e. The number of hydrogen-bond acceptors (Lipinski definition) is 4. The lowest BCUT2D eigenvalue weighted by Gasteiger charge is -2.30. The third-order valence-corrected chi connectivity index (χ3v) is 6.19. The molecule has 1 aliphatic rings. The van der Waals surface area contributed by atoms with Crippen LogP contribution in [-0.4, -0.2) is 39.4 Å². The van der Waals surface area contributed by atoms with Crippen LogP contribution in [0.1, 0.15) is 32.1 Å². The molecule has 2 rings (SSSR count). The van der Waals surface area contributed by atoms with E-state index in [1.807, 2.05) is 6.07 Å². The van der Waals surface area contributed by atoms with Crippen LogP contribution in [-0.2, 0) is 14.8 Å². The highest BCUT2D eigenvalue weighted by atomic mass is 32.2. The van der Waals surface area contributed by atoms with E-state index in [0.717, 1.165) is 25.7 Å². The van der Waals surface area contributed by atoms with Gasteiger partial charge in [-0.25, -0.2) is 13.1 Å². The van der Waals surface area contributed by atoms with Gasteiger partial charge in [-0.1, -0.05) is 18.2 Å². The Morgan fingerprint density at radius 2 is 1.88 bits per heavy atom. The van der Waals surface area contributed by atoms with Crippen LogP contribution >= 0.6 is 0 Å². The molecule has 1 aromatic carbocycles. The average molecular weight is 363 g/mol. The summed E-state index contributed by atoms with van der Waals surface area (Å²) in [6, 6.07) is 10.4. The number of nitrogens with zero attached hydrogens (tertiary/aromatic N) is 2. The Labute approximate surface area is 149 Å².